The summed E-state index contributed by atoms with van der Waals surface area (Å²) in [5, 5.41) is 12.2. The van der Waals surface area contributed by atoms with Crippen molar-refractivity contribution in [3.8, 4) is 5.75 Å². The van der Waals surface area contributed by atoms with E-state index >= 15 is 0 Å². The number of hydrogen-bond acceptors (Lipinski definition) is 3. The van der Waals surface area contributed by atoms with Gasteiger partial charge in [-0.15, -0.1) is 0 Å². The maximum Gasteiger partial charge on any atom is 0.387 e. The van der Waals surface area contributed by atoms with Crippen molar-refractivity contribution in [3.05, 3.63) is 29.8 Å². The molecule has 1 aromatic carbocycles. The third kappa shape index (κ3) is 3.90. The van der Waals surface area contributed by atoms with Crippen molar-refractivity contribution in [2.45, 2.75) is 45.4 Å². The van der Waals surface area contributed by atoms with E-state index in [1.807, 2.05) is 0 Å². The molecule has 0 aliphatic heterocycles. The van der Waals surface area contributed by atoms with E-state index in [1.165, 1.54) is 6.07 Å². The van der Waals surface area contributed by atoms with Gasteiger partial charge in [-0.2, -0.15) is 8.78 Å². The van der Waals surface area contributed by atoms with Crippen LogP contribution in [0, 0.1) is 0 Å². The number of benzene rings is 1. The molecule has 0 heterocycles. The molecule has 0 aliphatic rings. The summed E-state index contributed by atoms with van der Waals surface area (Å²) in [6.45, 7) is 0.785. The second-order valence-electron chi connectivity index (χ2n) is 4.43. The number of carbonyl (C=O) groups is 1. The van der Waals surface area contributed by atoms with E-state index in [-0.39, 0.29) is 12.3 Å². The van der Waals surface area contributed by atoms with Crippen molar-refractivity contribution in [3.63, 3.8) is 0 Å². The van der Waals surface area contributed by atoms with Crippen molar-refractivity contribution in [1.29, 1.82) is 0 Å². The molecule has 0 amide bonds. The number of aliphatic carboxylic acids is 1. The summed E-state index contributed by atoms with van der Waals surface area (Å²) in [6.07, 6.45) is 0.799. The van der Waals surface area contributed by atoms with Crippen LogP contribution in [0.1, 0.15) is 32.3 Å². The van der Waals surface area contributed by atoms with E-state index in [0.717, 1.165) is 0 Å². The molecule has 0 bridgehead atoms. The highest BCUT2D eigenvalue weighted by Gasteiger charge is 2.34. The van der Waals surface area contributed by atoms with E-state index in [4.69, 9.17) is 0 Å². The minimum atomic E-state index is -2.90. The Morgan fingerprint density at radius 3 is 2.45 bits per heavy atom. The van der Waals surface area contributed by atoms with Gasteiger partial charge in [-0.05, 0) is 18.9 Å². The van der Waals surface area contributed by atoms with E-state index in [9.17, 15) is 18.7 Å². The highest BCUT2D eigenvalue weighted by Crippen LogP contribution is 2.22. The summed E-state index contributed by atoms with van der Waals surface area (Å²) in [5.74, 6) is -0.892. The Morgan fingerprint density at radius 2 is 1.95 bits per heavy atom. The first-order chi connectivity index (χ1) is 9.45. The van der Waals surface area contributed by atoms with Crippen LogP contribution in [0.5, 0.6) is 5.75 Å². The number of nitrogens with one attached hydrogen (secondary N) is 1. The van der Waals surface area contributed by atoms with Crippen LogP contribution < -0.4 is 10.1 Å². The molecule has 0 atom stereocenters. The minimum absolute atomic E-state index is 0.0569. The first-order valence-electron chi connectivity index (χ1n) is 6.46. The minimum Gasteiger partial charge on any atom is -0.480 e. The van der Waals surface area contributed by atoms with Gasteiger partial charge in [0.25, 0.3) is 0 Å². The quantitative estimate of drug-likeness (QED) is 0.771. The smallest absolute Gasteiger partial charge is 0.387 e. The molecule has 0 saturated carbocycles. The molecule has 0 saturated heterocycles. The van der Waals surface area contributed by atoms with Crippen LogP contribution in [0.2, 0.25) is 0 Å². The number of ether oxygens (including phenoxy) is 1. The molecule has 0 aromatic heterocycles. The Bertz CT molecular complexity index is 448. The summed E-state index contributed by atoms with van der Waals surface area (Å²) >= 11 is 0. The van der Waals surface area contributed by atoms with Gasteiger partial charge in [-0.3, -0.25) is 10.1 Å². The first kappa shape index (κ1) is 16.4. The average Bonchev–Trinajstić information content (AvgIpc) is 2.41. The maximum absolute atomic E-state index is 12.3. The van der Waals surface area contributed by atoms with Crippen molar-refractivity contribution in [2.24, 2.45) is 0 Å². The number of carboxylic acid groups (broad SMARTS) is 1. The summed E-state index contributed by atoms with van der Waals surface area (Å²) in [5.41, 5.74) is -0.557. The predicted octanol–water partition coefficient (Wildman–Crippen LogP) is 3.02. The molecule has 0 fully saturated rings. The zero-order valence-corrected chi connectivity index (χ0v) is 11.5. The molecule has 112 valence electrons. The molecule has 2 N–H and O–H groups in total. The molecular weight excluding hydrogens is 268 g/mol. The fraction of sp³-hybridized carbons (Fsp3) is 0.500. The van der Waals surface area contributed by atoms with Crippen molar-refractivity contribution >= 4 is 5.97 Å². The lowest BCUT2D eigenvalue weighted by Crippen LogP contribution is -2.50. The molecule has 20 heavy (non-hydrogen) atoms. The fourth-order valence-corrected chi connectivity index (χ4v) is 2.00. The normalized spacial score (nSPS) is 11.7. The zero-order chi connectivity index (χ0) is 15.2. The Kier molecular flexibility index (Phi) is 5.88. The summed E-state index contributed by atoms with van der Waals surface area (Å²) < 4.78 is 29.0. The zero-order valence-electron chi connectivity index (χ0n) is 11.5. The Morgan fingerprint density at radius 1 is 1.35 bits per heavy atom. The van der Waals surface area contributed by atoms with Crippen LogP contribution in [0.15, 0.2) is 24.3 Å². The van der Waals surface area contributed by atoms with Gasteiger partial charge in [-0.1, -0.05) is 32.0 Å². The monoisotopic (exact) mass is 287 g/mol. The van der Waals surface area contributed by atoms with Gasteiger partial charge in [0.2, 0.25) is 0 Å². The second kappa shape index (κ2) is 7.19. The lowest BCUT2D eigenvalue weighted by atomic mass is 9.92. The molecule has 0 unspecified atom stereocenters. The van der Waals surface area contributed by atoms with Crippen molar-refractivity contribution in [1.82, 2.24) is 5.32 Å². The van der Waals surface area contributed by atoms with Crippen LogP contribution in [0.25, 0.3) is 0 Å². The highest BCUT2D eigenvalue weighted by molar-refractivity contribution is 5.78. The molecule has 6 heteroatoms. The largest absolute Gasteiger partial charge is 0.480 e. The summed E-state index contributed by atoms with van der Waals surface area (Å²) in [7, 11) is 0. The predicted molar refractivity (Wildman–Crippen MR) is 70.9 cm³/mol. The lowest BCUT2D eigenvalue weighted by molar-refractivity contribution is -0.145. The van der Waals surface area contributed by atoms with Gasteiger partial charge in [0.1, 0.15) is 11.3 Å². The van der Waals surface area contributed by atoms with Gasteiger partial charge in [0.05, 0.1) is 0 Å². The number of carboxylic acids is 1. The molecule has 0 radical (unpaired) electrons. The maximum atomic E-state index is 12.3. The molecule has 1 rings (SSSR count). The number of hydrogen-bond donors (Lipinski definition) is 2. The summed E-state index contributed by atoms with van der Waals surface area (Å²) in [6, 6.07) is 6.34. The van der Waals surface area contributed by atoms with Crippen molar-refractivity contribution in [2.75, 3.05) is 0 Å². The van der Waals surface area contributed by atoms with Crippen LogP contribution in [-0.2, 0) is 11.3 Å². The van der Waals surface area contributed by atoms with Crippen LogP contribution in [0.3, 0.4) is 0 Å². The summed E-state index contributed by atoms with van der Waals surface area (Å²) in [4.78, 5) is 11.4. The van der Waals surface area contributed by atoms with Crippen LogP contribution in [0.4, 0.5) is 8.78 Å². The third-order valence-electron chi connectivity index (χ3n) is 3.42. The number of halogens is 2. The van der Waals surface area contributed by atoms with Gasteiger partial charge in [0.15, 0.2) is 0 Å². The molecule has 0 spiro atoms. The standard InChI is InChI=1S/C14H19F2NO3/c1-3-14(4-2,12(18)19)17-9-10-7-5-6-8-11(10)20-13(15)16/h5-8,13,17H,3-4,9H2,1-2H3,(H,18,19). The molecular formula is C14H19F2NO3. The number of para-hydroxylation sites is 1. The Labute approximate surface area is 116 Å². The number of alkyl halides is 2. The van der Waals surface area contributed by atoms with E-state index in [0.29, 0.717) is 18.4 Å². The van der Waals surface area contributed by atoms with E-state index < -0.39 is 18.1 Å². The van der Waals surface area contributed by atoms with Crippen LogP contribution in [-0.4, -0.2) is 23.2 Å². The van der Waals surface area contributed by atoms with Gasteiger partial charge >= 0.3 is 12.6 Å². The van der Waals surface area contributed by atoms with Crippen molar-refractivity contribution < 1.29 is 23.4 Å². The first-order valence-corrected chi connectivity index (χ1v) is 6.46. The SMILES string of the molecule is CCC(CC)(NCc1ccccc1OC(F)F)C(=O)O. The number of rotatable bonds is 8. The third-order valence-corrected chi connectivity index (χ3v) is 3.42. The van der Waals surface area contributed by atoms with E-state index in [2.05, 4.69) is 10.1 Å². The Balaban J connectivity index is 2.86. The van der Waals surface area contributed by atoms with Gasteiger partial charge < -0.3 is 9.84 Å². The average molecular weight is 287 g/mol. The highest BCUT2D eigenvalue weighted by atomic mass is 19.3. The topological polar surface area (TPSA) is 58.6 Å². The molecule has 0 aliphatic carbocycles. The van der Waals surface area contributed by atoms with E-state index in [1.54, 1.807) is 32.0 Å². The Hall–Kier alpha value is -1.69. The fourth-order valence-electron chi connectivity index (χ4n) is 2.00. The van der Waals surface area contributed by atoms with Crippen LogP contribution >= 0.6 is 0 Å². The van der Waals surface area contributed by atoms with Gasteiger partial charge in [0, 0.05) is 12.1 Å². The lowest BCUT2D eigenvalue weighted by Gasteiger charge is -2.28. The molecule has 1 aromatic rings. The molecule has 4 nitrogen and oxygen atoms in total. The second-order valence-corrected chi connectivity index (χ2v) is 4.43. The van der Waals surface area contributed by atoms with Gasteiger partial charge in [-0.25, -0.2) is 0 Å².